The van der Waals surface area contributed by atoms with Crippen molar-refractivity contribution in [2.75, 3.05) is 12.1 Å². The second-order valence-electron chi connectivity index (χ2n) is 5.30. The molecule has 0 saturated heterocycles. The van der Waals surface area contributed by atoms with Crippen molar-refractivity contribution in [1.29, 1.82) is 0 Å². The lowest BCUT2D eigenvalue weighted by atomic mass is 10.1. The molecule has 3 rings (SSSR count). The van der Waals surface area contributed by atoms with Crippen molar-refractivity contribution < 1.29 is 9.47 Å². The molecule has 5 heteroatoms. The van der Waals surface area contributed by atoms with E-state index in [1.54, 1.807) is 0 Å². The summed E-state index contributed by atoms with van der Waals surface area (Å²) in [5.41, 5.74) is 3.32. The van der Waals surface area contributed by atoms with E-state index >= 15 is 0 Å². The van der Waals surface area contributed by atoms with Gasteiger partial charge in [-0.2, -0.15) is 0 Å². The fourth-order valence-electron chi connectivity index (χ4n) is 2.28. The number of ether oxygens (including phenoxy) is 2. The molecule has 0 saturated carbocycles. The molecule has 1 atom stereocenters. The van der Waals surface area contributed by atoms with E-state index < -0.39 is 0 Å². The van der Waals surface area contributed by atoms with Gasteiger partial charge in [0.15, 0.2) is 16.6 Å². The number of rotatable bonds is 3. The zero-order chi connectivity index (χ0) is 15.5. The molecule has 1 aliphatic rings. The molecular formula is C17H18N2O2S. The third-order valence-electron chi connectivity index (χ3n) is 3.56. The van der Waals surface area contributed by atoms with E-state index in [-0.39, 0.29) is 12.8 Å². The normalized spacial score (nSPS) is 13.5. The first-order chi connectivity index (χ1) is 10.6. The first-order valence-corrected chi connectivity index (χ1v) is 7.56. The summed E-state index contributed by atoms with van der Waals surface area (Å²) in [6.45, 7) is 4.43. The highest BCUT2D eigenvalue weighted by Gasteiger charge is 2.14. The largest absolute Gasteiger partial charge is 0.454 e. The molecule has 22 heavy (non-hydrogen) atoms. The molecule has 2 N–H and O–H groups in total. The Labute approximate surface area is 135 Å². The molecule has 114 valence electrons. The van der Waals surface area contributed by atoms with Crippen molar-refractivity contribution in [3.63, 3.8) is 0 Å². The van der Waals surface area contributed by atoms with E-state index in [1.165, 1.54) is 11.1 Å². The van der Waals surface area contributed by atoms with Gasteiger partial charge >= 0.3 is 0 Å². The number of nitrogens with one attached hydrogen (secondary N) is 2. The van der Waals surface area contributed by atoms with Gasteiger partial charge in [-0.25, -0.2) is 0 Å². The van der Waals surface area contributed by atoms with E-state index in [4.69, 9.17) is 21.7 Å². The van der Waals surface area contributed by atoms with E-state index in [2.05, 4.69) is 48.7 Å². The number of hydrogen-bond donors (Lipinski definition) is 2. The van der Waals surface area contributed by atoms with Crippen molar-refractivity contribution in [2.45, 2.75) is 19.9 Å². The van der Waals surface area contributed by atoms with Gasteiger partial charge in [0, 0.05) is 11.8 Å². The molecule has 0 amide bonds. The van der Waals surface area contributed by atoms with E-state index in [0.29, 0.717) is 5.11 Å². The van der Waals surface area contributed by atoms with Crippen LogP contribution in [0.15, 0.2) is 42.5 Å². The van der Waals surface area contributed by atoms with Crippen LogP contribution in [0.1, 0.15) is 24.1 Å². The summed E-state index contributed by atoms with van der Waals surface area (Å²) in [7, 11) is 0. The third-order valence-corrected chi connectivity index (χ3v) is 3.78. The molecule has 0 unspecified atom stereocenters. The summed E-state index contributed by atoms with van der Waals surface area (Å²) >= 11 is 5.37. The fraction of sp³-hybridized carbons (Fsp3) is 0.235. The van der Waals surface area contributed by atoms with Crippen molar-refractivity contribution in [1.82, 2.24) is 5.32 Å². The number of anilines is 1. The van der Waals surface area contributed by atoms with Crippen LogP contribution in [0.4, 0.5) is 5.69 Å². The maximum atomic E-state index is 5.37. The average Bonchev–Trinajstić information content (AvgIpc) is 2.95. The first-order valence-electron chi connectivity index (χ1n) is 7.15. The highest BCUT2D eigenvalue weighted by molar-refractivity contribution is 7.80. The lowest BCUT2D eigenvalue weighted by molar-refractivity contribution is 0.174. The van der Waals surface area contributed by atoms with Crippen LogP contribution in [0.3, 0.4) is 0 Å². The van der Waals surface area contributed by atoms with Crippen LogP contribution < -0.4 is 20.1 Å². The van der Waals surface area contributed by atoms with Crippen molar-refractivity contribution in [3.8, 4) is 11.5 Å². The molecule has 2 aromatic rings. The van der Waals surface area contributed by atoms with Gasteiger partial charge < -0.3 is 20.1 Å². The Morgan fingerprint density at radius 3 is 2.59 bits per heavy atom. The van der Waals surface area contributed by atoms with Gasteiger partial charge in [-0.05, 0) is 43.8 Å². The van der Waals surface area contributed by atoms with Crippen LogP contribution in [-0.4, -0.2) is 11.9 Å². The first kappa shape index (κ1) is 14.7. The molecule has 0 aromatic heterocycles. The van der Waals surface area contributed by atoms with Crippen LogP contribution in [0.2, 0.25) is 0 Å². The van der Waals surface area contributed by atoms with Crippen LogP contribution in [-0.2, 0) is 0 Å². The minimum Gasteiger partial charge on any atom is -0.454 e. The summed E-state index contributed by atoms with van der Waals surface area (Å²) < 4.78 is 10.6. The lowest BCUT2D eigenvalue weighted by Gasteiger charge is -2.17. The summed E-state index contributed by atoms with van der Waals surface area (Å²) in [4.78, 5) is 0. The highest BCUT2D eigenvalue weighted by atomic mass is 32.1. The molecular weight excluding hydrogens is 296 g/mol. The molecule has 0 radical (unpaired) electrons. The number of hydrogen-bond acceptors (Lipinski definition) is 3. The number of fused-ring (bicyclic) bond motifs is 1. The van der Waals surface area contributed by atoms with Gasteiger partial charge in [-0.1, -0.05) is 29.8 Å². The molecule has 1 aliphatic heterocycles. The molecule has 0 spiro atoms. The molecule has 1 heterocycles. The van der Waals surface area contributed by atoms with Gasteiger partial charge in [0.05, 0.1) is 6.04 Å². The molecule has 4 nitrogen and oxygen atoms in total. The number of thiocarbonyl (C=S) groups is 1. The fourth-order valence-corrected chi connectivity index (χ4v) is 2.57. The zero-order valence-electron chi connectivity index (χ0n) is 12.6. The van der Waals surface area contributed by atoms with Gasteiger partial charge in [-0.15, -0.1) is 0 Å². The van der Waals surface area contributed by atoms with Crippen LogP contribution >= 0.6 is 12.2 Å². The Bertz CT molecular complexity index is 686. The smallest absolute Gasteiger partial charge is 0.231 e. The number of benzene rings is 2. The topological polar surface area (TPSA) is 42.5 Å². The van der Waals surface area contributed by atoms with Gasteiger partial charge in [-0.3, -0.25) is 0 Å². The molecule has 0 fully saturated rings. The summed E-state index contributed by atoms with van der Waals surface area (Å²) in [5, 5.41) is 7.02. The average molecular weight is 314 g/mol. The monoisotopic (exact) mass is 314 g/mol. The maximum Gasteiger partial charge on any atom is 0.231 e. The van der Waals surface area contributed by atoms with Crippen molar-refractivity contribution in [3.05, 3.63) is 53.6 Å². The number of aryl methyl sites for hydroxylation is 1. The van der Waals surface area contributed by atoms with E-state index in [9.17, 15) is 0 Å². The predicted octanol–water partition coefficient (Wildman–Crippen LogP) is 3.77. The summed E-state index contributed by atoms with van der Waals surface area (Å²) in [6.07, 6.45) is 0. The Hall–Kier alpha value is -2.27. The zero-order valence-corrected chi connectivity index (χ0v) is 13.4. The lowest BCUT2D eigenvalue weighted by Crippen LogP contribution is -2.30. The van der Waals surface area contributed by atoms with Crippen LogP contribution in [0, 0.1) is 6.92 Å². The Morgan fingerprint density at radius 1 is 1.09 bits per heavy atom. The van der Waals surface area contributed by atoms with Crippen molar-refractivity contribution >= 4 is 23.0 Å². The molecule has 0 aliphatic carbocycles. The second-order valence-corrected chi connectivity index (χ2v) is 5.71. The Morgan fingerprint density at radius 2 is 1.82 bits per heavy atom. The SMILES string of the molecule is Cc1ccc([C@@H](C)NC(=S)Nc2ccc3c(c2)OCO3)cc1. The second kappa shape index (κ2) is 6.23. The predicted molar refractivity (Wildman–Crippen MR) is 91.5 cm³/mol. The molecule has 0 bridgehead atoms. The minimum atomic E-state index is 0.134. The van der Waals surface area contributed by atoms with E-state index in [0.717, 1.165) is 17.2 Å². The Balaban J connectivity index is 1.61. The summed E-state index contributed by atoms with van der Waals surface area (Å²) in [5.74, 6) is 1.50. The minimum absolute atomic E-state index is 0.134. The van der Waals surface area contributed by atoms with Gasteiger partial charge in [0.25, 0.3) is 0 Å². The standard InChI is InChI=1S/C17H18N2O2S/c1-11-3-5-13(6-4-11)12(2)18-17(22)19-14-7-8-15-16(9-14)21-10-20-15/h3-9,12H,10H2,1-2H3,(H2,18,19,22)/t12-/m1/s1. The van der Waals surface area contributed by atoms with Crippen LogP contribution in [0.25, 0.3) is 0 Å². The highest BCUT2D eigenvalue weighted by Crippen LogP contribution is 2.34. The van der Waals surface area contributed by atoms with Gasteiger partial charge in [0.2, 0.25) is 6.79 Å². The Kier molecular flexibility index (Phi) is 4.15. The van der Waals surface area contributed by atoms with Crippen molar-refractivity contribution in [2.24, 2.45) is 0 Å². The summed E-state index contributed by atoms with van der Waals surface area (Å²) in [6, 6.07) is 14.2. The quantitative estimate of drug-likeness (QED) is 0.844. The van der Waals surface area contributed by atoms with E-state index in [1.807, 2.05) is 18.2 Å². The van der Waals surface area contributed by atoms with Gasteiger partial charge in [0.1, 0.15) is 0 Å². The third kappa shape index (κ3) is 3.31. The van der Waals surface area contributed by atoms with Crippen LogP contribution in [0.5, 0.6) is 11.5 Å². The maximum absolute atomic E-state index is 5.37. The molecule has 2 aromatic carbocycles.